The van der Waals surface area contributed by atoms with Crippen molar-refractivity contribution < 1.29 is 9.90 Å². The van der Waals surface area contributed by atoms with Crippen molar-refractivity contribution in [1.82, 2.24) is 0 Å². The highest BCUT2D eigenvalue weighted by Gasteiger charge is 2.27. The number of rotatable bonds is 1. The van der Waals surface area contributed by atoms with Crippen molar-refractivity contribution in [3.8, 4) is 0 Å². The smallest absolute Gasteiger partial charge is 0.317 e. The van der Waals surface area contributed by atoms with E-state index in [9.17, 15) is 4.79 Å². The maximum absolute atomic E-state index is 10.8. The van der Waals surface area contributed by atoms with Gasteiger partial charge in [0.05, 0.1) is 0 Å². The van der Waals surface area contributed by atoms with E-state index in [-0.39, 0.29) is 0 Å². The van der Waals surface area contributed by atoms with Gasteiger partial charge in [0, 0.05) is 11.9 Å². The lowest BCUT2D eigenvalue weighted by molar-refractivity contribution is -0.142. The molecular formula is C9H11NO2. The van der Waals surface area contributed by atoms with E-state index in [0.717, 1.165) is 5.71 Å². The monoisotopic (exact) mass is 165 g/mol. The molecule has 1 heterocycles. The number of hydrogen-bond donors (Lipinski definition) is 1. The number of carboxylic acids is 1. The molecule has 3 nitrogen and oxygen atoms in total. The van der Waals surface area contributed by atoms with Crippen LogP contribution in [-0.2, 0) is 4.79 Å². The molecule has 0 spiro atoms. The average molecular weight is 165 g/mol. The fourth-order valence-corrected chi connectivity index (χ4v) is 0.845. The SMILES string of the molecule is CC1=NC=CC(C)(C(=O)O)C=C1. The fourth-order valence-electron chi connectivity index (χ4n) is 0.845. The number of carbonyl (C=O) groups is 1. The first-order valence-corrected chi connectivity index (χ1v) is 3.69. The molecule has 0 saturated carbocycles. The molecule has 0 saturated heterocycles. The highest BCUT2D eigenvalue weighted by atomic mass is 16.4. The lowest BCUT2D eigenvalue weighted by atomic mass is 9.90. The molecule has 1 atom stereocenters. The zero-order valence-electron chi connectivity index (χ0n) is 7.11. The van der Waals surface area contributed by atoms with Gasteiger partial charge in [-0.2, -0.15) is 0 Å². The molecule has 0 fully saturated rings. The largest absolute Gasteiger partial charge is 0.480 e. The average Bonchev–Trinajstić information content (AvgIpc) is 2.15. The van der Waals surface area contributed by atoms with Crippen LogP contribution in [0.5, 0.6) is 0 Å². The van der Waals surface area contributed by atoms with Gasteiger partial charge in [-0.15, -0.1) is 0 Å². The Bertz CT molecular complexity index is 289. The van der Waals surface area contributed by atoms with E-state index in [2.05, 4.69) is 4.99 Å². The first-order valence-electron chi connectivity index (χ1n) is 3.69. The van der Waals surface area contributed by atoms with Crippen molar-refractivity contribution in [3.63, 3.8) is 0 Å². The zero-order valence-corrected chi connectivity index (χ0v) is 7.11. The topological polar surface area (TPSA) is 49.7 Å². The molecule has 3 heteroatoms. The molecule has 1 aliphatic heterocycles. The van der Waals surface area contributed by atoms with Gasteiger partial charge in [0.15, 0.2) is 0 Å². The molecule has 0 aliphatic carbocycles. The van der Waals surface area contributed by atoms with Gasteiger partial charge < -0.3 is 5.11 Å². The van der Waals surface area contributed by atoms with Gasteiger partial charge in [-0.25, -0.2) is 0 Å². The lowest BCUT2D eigenvalue weighted by Gasteiger charge is -2.13. The molecule has 1 unspecified atom stereocenters. The molecule has 64 valence electrons. The van der Waals surface area contributed by atoms with Gasteiger partial charge in [0.2, 0.25) is 0 Å². The molecule has 0 aromatic heterocycles. The van der Waals surface area contributed by atoms with E-state index < -0.39 is 11.4 Å². The molecule has 12 heavy (non-hydrogen) atoms. The van der Waals surface area contributed by atoms with Crippen LogP contribution in [0.25, 0.3) is 0 Å². The van der Waals surface area contributed by atoms with Crippen molar-refractivity contribution in [2.45, 2.75) is 13.8 Å². The van der Waals surface area contributed by atoms with Crippen molar-refractivity contribution in [2.75, 3.05) is 0 Å². The van der Waals surface area contributed by atoms with Crippen molar-refractivity contribution >= 4 is 11.7 Å². The maximum atomic E-state index is 10.8. The Kier molecular flexibility index (Phi) is 2.13. The maximum Gasteiger partial charge on any atom is 0.317 e. The second kappa shape index (κ2) is 2.93. The van der Waals surface area contributed by atoms with E-state index in [1.54, 1.807) is 25.2 Å². The Labute approximate surface area is 71.1 Å². The Morgan fingerprint density at radius 1 is 1.58 bits per heavy atom. The van der Waals surface area contributed by atoms with Gasteiger partial charge in [0.25, 0.3) is 0 Å². The van der Waals surface area contributed by atoms with Crippen LogP contribution in [0, 0.1) is 5.41 Å². The summed E-state index contributed by atoms with van der Waals surface area (Å²) in [7, 11) is 0. The van der Waals surface area contributed by atoms with E-state index in [0.29, 0.717) is 0 Å². The Morgan fingerprint density at radius 3 is 2.83 bits per heavy atom. The van der Waals surface area contributed by atoms with Crippen molar-refractivity contribution in [3.05, 3.63) is 24.4 Å². The van der Waals surface area contributed by atoms with Gasteiger partial charge in [0.1, 0.15) is 5.41 Å². The van der Waals surface area contributed by atoms with Gasteiger partial charge >= 0.3 is 5.97 Å². The summed E-state index contributed by atoms with van der Waals surface area (Å²) in [5, 5.41) is 8.86. The van der Waals surface area contributed by atoms with E-state index >= 15 is 0 Å². The third-order valence-corrected chi connectivity index (χ3v) is 1.83. The van der Waals surface area contributed by atoms with Crippen LogP contribution >= 0.6 is 0 Å². The fraction of sp³-hybridized carbons (Fsp3) is 0.333. The highest BCUT2D eigenvalue weighted by molar-refractivity contribution is 5.95. The Morgan fingerprint density at radius 2 is 2.25 bits per heavy atom. The van der Waals surface area contributed by atoms with Gasteiger partial charge in [-0.3, -0.25) is 9.79 Å². The molecule has 0 aromatic rings. The number of hydrogen-bond acceptors (Lipinski definition) is 2. The van der Waals surface area contributed by atoms with Gasteiger partial charge in [-0.1, -0.05) is 6.08 Å². The quantitative estimate of drug-likeness (QED) is 0.641. The summed E-state index contributed by atoms with van der Waals surface area (Å²) in [5.41, 5.74) is -0.0995. The molecular weight excluding hydrogens is 154 g/mol. The molecule has 0 radical (unpaired) electrons. The molecule has 0 aromatic carbocycles. The predicted octanol–water partition coefficient (Wildman–Crippen LogP) is 1.62. The second-order valence-electron chi connectivity index (χ2n) is 3.01. The normalized spacial score (nSPS) is 28.0. The molecule has 1 N–H and O–H groups in total. The summed E-state index contributed by atoms with van der Waals surface area (Å²) in [6.07, 6.45) is 6.46. The molecule has 1 rings (SSSR count). The van der Waals surface area contributed by atoms with Gasteiger partial charge in [-0.05, 0) is 26.0 Å². The number of aliphatic carboxylic acids is 1. The number of aliphatic imine (C=N–C) groups is 1. The molecule has 0 bridgehead atoms. The van der Waals surface area contributed by atoms with E-state index in [1.165, 1.54) is 6.20 Å². The number of carboxylic acid groups (broad SMARTS) is 1. The highest BCUT2D eigenvalue weighted by Crippen LogP contribution is 2.22. The summed E-state index contributed by atoms with van der Waals surface area (Å²) in [6, 6.07) is 0. The standard InChI is InChI=1S/C9H11NO2/c1-7-3-4-9(2,8(11)12)5-6-10-7/h3-6H,1-2H3,(H,11,12). The van der Waals surface area contributed by atoms with E-state index in [4.69, 9.17) is 5.11 Å². The number of allylic oxidation sites excluding steroid dienone is 1. The van der Waals surface area contributed by atoms with Crippen LogP contribution in [0.3, 0.4) is 0 Å². The van der Waals surface area contributed by atoms with Crippen LogP contribution in [0.1, 0.15) is 13.8 Å². The predicted molar refractivity (Wildman–Crippen MR) is 47.1 cm³/mol. The minimum atomic E-state index is -0.915. The third kappa shape index (κ3) is 1.61. The van der Waals surface area contributed by atoms with Crippen molar-refractivity contribution in [1.29, 1.82) is 0 Å². The van der Waals surface area contributed by atoms with E-state index in [1.807, 2.05) is 6.92 Å². The Hall–Kier alpha value is -1.38. The minimum absolute atomic E-state index is 0.816. The molecule has 1 aliphatic rings. The number of nitrogens with zero attached hydrogens (tertiary/aromatic N) is 1. The summed E-state index contributed by atoms with van der Waals surface area (Å²) in [6.45, 7) is 3.46. The minimum Gasteiger partial charge on any atom is -0.480 e. The zero-order chi connectivity index (χ0) is 9.19. The van der Waals surface area contributed by atoms with Crippen LogP contribution < -0.4 is 0 Å². The summed E-state index contributed by atoms with van der Waals surface area (Å²) in [4.78, 5) is 14.8. The van der Waals surface area contributed by atoms with Crippen molar-refractivity contribution in [2.24, 2.45) is 10.4 Å². The molecule has 0 amide bonds. The third-order valence-electron chi connectivity index (χ3n) is 1.83. The summed E-state index contributed by atoms with van der Waals surface area (Å²) in [5.74, 6) is -0.861. The van der Waals surface area contributed by atoms with Crippen LogP contribution in [0.2, 0.25) is 0 Å². The second-order valence-corrected chi connectivity index (χ2v) is 3.01. The van der Waals surface area contributed by atoms with Crippen LogP contribution in [0.15, 0.2) is 29.4 Å². The lowest BCUT2D eigenvalue weighted by Crippen LogP contribution is -2.22. The van der Waals surface area contributed by atoms with Crippen LogP contribution in [0.4, 0.5) is 0 Å². The Balaban J connectivity index is 3.00. The first kappa shape index (κ1) is 8.71. The van der Waals surface area contributed by atoms with Crippen LogP contribution in [-0.4, -0.2) is 16.8 Å². The summed E-state index contributed by atoms with van der Waals surface area (Å²) >= 11 is 0. The summed E-state index contributed by atoms with van der Waals surface area (Å²) < 4.78 is 0. The first-order chi connectivity index (χ1) is 5.54.